The van der Waals surface area contributed by atoms with Crippen LogP contribution in [0.3, 0.4) is 0 Å². The Morgan fingerprint density at radius 3 is 2.39 bits per heavy atom. The van der Waals surface area contributed by atoms with Gasteiger partial charge in [0, 0.05) is 38.5 Å². The summed E-state index contributed by atoms with van der Waals surface area (Å²) in [6, 6.07) is 0.587. The highest BCUT2D eigenvalue weighted by atomic mass is 35.5. The van der Waals surface area contributed by atoms with Crippen LogP contribution in [-0.2, 0) is 9.59 Å². The van der Waals surface area contributed by atoms with E-state index in [9.17, 15) is 9.59 Å². The van der Waals surface area contributed by atoms with Gasteiger partial charge in [0.2, 0.25) is 11.8 Å². The first kappa shape index (κ1) is 20.2. The fourth-order valence-corrected chi connectivity index (χ4v) is 2.90. The largest absolute Gasteiger partial charge is 0.356 e. The molecule has 2 N–H and O–H groups in total. The normalized spacial score (nSPS) is 18.4. The van der Waals surface area contributed by atoms with Gasteiger partial charge in [0.15, 0.2) is 0 Å². The summed E-state index contributed by atoms with van der Waals surface area (Å²) in [7, 11) is 0. The minimum absolute atomic E-state index is 0. The first-order chi connectivity index (χ1) is 10.7. The summed E-state index contributed by atoms with van der Waals surface area (Å²) in [6.45, 7) is 5.65. The quantitative estimate of drug-likeness (QED) is 0.672. The molecule has 2 fully saturated rings. The number of hydrogen-bond acceptors (Lipinski definition) is 3. The van der Waals surface area contributed by atoms with Crippen LogP contribution in [0.1, 0.15) is 58.3 Å². The molecule has 1 heterocycles. The lowest BCUT2D eigenvalue weighted by Gasteiger charge is -2.32. The second-order valence-corrected chi connectivity index (χ2v) is 6.71. The van der Waals surface area contributed by atoms with Crippen LogP contribution < -0.4 is 10.6 Å². The van der Waals surface area contributed by atoms with Crippen LogP contribution in [-0.4, -0.2) is 48.9 Å². The minimum Gasteiger partial charge on any atom is -0.356 e. The first-order valence-corrected chi connectivity index (χ1v) is 8.97. The van der Waals surface area contributed by atoms with E-state index in [4.69, 9.17) is 0 Å². The summed E-state index contributed by atoms with van der Waals surface area (Å²) >= 11 is 0. The maximum Gasteiger partial charge on any atom is 0.222 e. The highest BCUT2D eigenvalue weighted by Crippen LogP contribution is 2.28. The van der Waals surface area contributed by atoms with Gasteiger partial charge in [-0.3, -0.25) is 9.59 Å². The van der Waals surface area contributed by atoms with Gasteiger partial charge in [0.25, 0.3) is 0 Å². The number of likely N-dealkylation sites (tertiary alicyclic amines) is 1. The van der Waals surface area contributed by atoms with Crippen LogP contribution in [0.4, 0.5) is 0 Å². The number of halogens is 1. The zero-order valence-electron chi connectivity index (χ0n) is 14.3. The van der Waals surface area contributed by atoms with Crippen LogP contribution in [0.5, 0.6) is 0 Å². The van der Waals surface area contributed by atoms with Crippen LogP contribution in [0, 0.1) is 5.92 Å². The van der Waals surface area contributed by atoms with Crippen molar-refractivity contribution in [3.63, 3.8) is 0 Å². The summed E-state index contributed by atoms with van der Waals surface area (Å²) < 4.78 is 0. The van der Waals surface area contributed by atoms with Gasteiger partial charge in [-0.05, 0) is 51.0 Å². The third-order valence-electron chi connectivity index (χ3n) is 4.61. The van der Waals surface area contributed by atoms with Crippen molar-refractivity contribution in [2.45, 2.75) is 64.3 Å². The molecular weight excluding hydrogens is 314 g/mol. The van der Waals surface area contributed by atoms with Gasteiger partial charge in [0.05, 0.1) is 0 Å². The van der Waals surface area contributed by atoms with Gasteiger partial charge in [0.1, 0.15) is 0 Å². The number of piperidine rings is 1. The van der Waals surface area contributed by atoms with Gasteiger partial charge in [-0.15, -0.1) is 12.4 Å². The summed E-state index contributed by atoms with van der Waals surface area (Å²) in [4.78, 5) is 25.6. The fraction of sp³-hybridized carbons (Fsp3) is 0.882. The van der Waals surface area contributed by atoms with Gasteiger partial charge in [-0.1, -0.05) is 6.92 Å². The minimum atomic E-state index is 0. The average molecular weight is 346 g/mol. The van der Waals surface area contributed by atoms with Crippen molar-refractivity contribution in [1.29, 1.82) is 0 Å². The molecule has 0 spiro atoms. The molecule has 1 aliphatic heterocycles. The van der Waals surface area contributed by atoms with E-state index in [1.54, 1.807) is 0 Å². The standard InChI is InChI=1S/C17H31N3O2.ClH/c1-2-10-18-16(21)4-3-5-17(22)20-11-8-15(9-12-20)19-13-14-6-7-14;/h14-15,19H,2-13H2,1H3,(H,18,21);1H. The van der Waals surface area contributed by atoms with E-state index >= 15 is 0 Å². The molecule has 5 nitrogen and oxygen atoms in total. The van der Waals surface area contributed by atoms with Crippen LogP contribution >= 0.6 is 12.4 Å². The molecule has 2 rings (SSSR count). The summed E-state index contributed by atoms with van der Waals surface area (Å²) in [5.74, 6) is 1.19. The van der Waals surface area contributed by atoms with Gasteiger partial charge in [-0.2, -0.15) is 0 Å². The molecule has 0 bridgehead atoms. The fourth-order valence-electron chi connectivity index (χ4n) is 2.90. The van der Waals surface area contributed by atoms with Crippen LogP contribution in [0.2, 0.25) is 0 Å². The number of nitrogens with one attached hydrogen (secondary N) is 2. The average Bonchev–Trinajstić information content (AvgIpc) is 3.35. The van der Waals surface area contributed by atoms with Gasteiger partial charge >= 0.3 is 0 Å². The Labute approximate surface area is 146 Å². The Balaban J connectivity index is 0.00000264. The molecule has 0 aromatic rings. The molecule has 0 atom stereocenters. The van der Waals surface area contributed by atoms with E-state index in [0.717, 1.165) is 51.4 Å². The lowest BCUT2D eigenvalue weighted by atomic mass is 10.0. The number of carbonyl (C=O) groups is 2. The molecule has 2 amide bonds. The van der Waals surface area contributed by atoms with E-state index in [1.165, 1.54) is 12.8 Å². The Hall–Kier alpha value is -0.810. The van der Waals surface area contributed by atoms with Gasteiger partial charge < -0.3 is 15.5 Å². The monoisotopic (exact) mass is 345 g/mol. The molecule has 6 heteroatoms. The summed E-state index contributed by atoms with van der Waals surface area (Å²) in [5.41, 5.74) is 0. The van der Waals surface area contributed by atoms with E-state index in [-0.39, 0.29) is 24.2 Å². The second kappa shape index (κ2) is 10.9. The molecule has 1 saturated heterocycles. The Morgan fingerprint density at radius 2 is 1.78 bits per heavy atom. The van der Waals surface area contributed by atoms with Crippen molar-refractivity contribution >= 4 is 24.2 Å². The first-order valence-electron chi connectivity index (χ1n) is 8.97. The molecule has 0 aromatic carbocycles. The van der Waals surface area contributed by atoms with E-state index in [2.05, 4.69) is 10.6 Å². The molecular formula is C17H32ClN3O2. The zero-order chi connectivity index (χ0) is 15.8. The number of hydrogen-bond donors (Lipinski definition) is 2. The summed E-state index contributed by atoms with van der Waals surface area (Å²) in [5, 5.41) is 6.48. The molecule has 134 valence electrons. The van der Waals surface area contributed by atoms with Crippen LogP contribution in [0.25, 0.3) is 0 Å². The number of amides is 2. The topological polar surface area (TPSA) is 61.4 Å². The lowest BCUT2D eigenvalue weighted by molar-refractivity contribution is -0.132. The number of rotatable bonds is 9. The molecule has 23 heavy (non-hydrogen) atoms. The molecule has 1 saturated carbocycles. The second-order valence-electron chi connectivity index (χ2n) is 6.71. The van der Waals surface area contributed by atoms with E-state index in [1.807, 2.05) is 11.8 Å². The zero-order valence-corrected chi connectivity index (χ0v) is 15.1. The predicted molar refractivity (Wildman–Crippen MR) is 94.7 cm³/mol. The molecule has 0 radical (unpaired) electrons. The van der Waals surface area contributed by atoms with Crippen molar-refractivity contribution in [2.24, 2.45) is 5.92 Å². The van der Waals surface area contributed by atoms with E-state index in [0.29, 0.717) is 25.3 Å². The smallest absolute Gasteiger partial charge is 0.222 e. The SMILES string of the molecule is CCCNC(=O)CCCC(=O)N1CCC(NCC2CC2)CC1.Cl. The predicted octanol–water partition coefficient (Wildman–Crippen LogP) is 2.10. The maximum atomic E-state index is 12.2. The van der Waals surface area contributed by atoms with Crippen molar-refractivity contribution in [2.75, 3.05) is 26.2 Å². The van der Waals surface area contributed by atoms with Crippen molar-refractivity contribution in [3.05, 3.63) is 0 Å². The third kappa shape index (κ3) is 8.02. The lowest BCUT2D eigenvalue weighted by Crippen LogP contribution is -2.45. The van der Waals surface area contributed by atoms with Crippen molar-refractivity contribution in [1.82, 2.24) is 15.5 Å². The molecule has 0 aromatic heterocycles. The molecule has 1 aliphatic carbocycles. The Morgan fingerprint density at radius 1 is 1.09 bits per heavy atom. The van der Waals surface area contributed by atoms with E-state index < -0.39 is 0 Å². The maximum absolute atomic E-state index is 12.2. The number of carbonyl (C=O) groups excluding carboxylic acids is 2. The Bertz CT molecular complexity index is 367. The van der Waals surface area contributed by atoms with Gasteiger partial charge in [-0.25, -0.2) is 0 Å². The van der Waals surface area contributed by atoms with Crippen molar-refractivity contribution < 1.29 is 9.59 Å². The summed E-state index contributed by atoms with van der Waals surface area (Å²) in [6.07, 6.45) is 7.48. The van der Waals surface area contributed by atoms with Crippen LogP contribution in [0.15, 0.2) is 0 Å². The third-order valence-corrected chi connectivity index (χ3v) is 4.61. The Kier molecular flexibility index (Phi) is 9.56. The number of nitrogens with zero attached hydrogens (tertiary/aromatic N) is 1. The molecule has 2 aliphatic rings. The highest BCUT2D eigenvalue weighted by Gasteiger charge is 2.25. The van der Waals surface area contributed by atoms with Crippen molar-refractivity contribution in [3.8, 4) is 0 Å². The highest BCUT2D eigenvalue weighted by molar-refractivity contribution is 5.85. The molecule has 0 unspecified atom stereocenters.